The second-order valence-electron chi connectivity index (χ2n) is 10.9. The first-order valence-electron chi connectivity index (χ1n) is 13.9. The summed E-state index contributed by atoms with van der Waals surface area (Å²) >= 11 is 1.62. The van der Waals surface area contributed by atoms with Gasteiger partial charge in [0.15, 0.2) is 0 Å². The van der Waals surface area contributed by atoms with E-state index in [1.165, 1.54) is 7.05 Å². The molecule has 0 aliphatic rings. The van der Waals surface area contributed by atoms with Gasteiger partial charge in [0.05, 0.1) is 17.3 Å². The summed E-state index contributed by atoms with van der Waals surface area (Å²) in [4.78, 5) is 37.6. The van der Waals surface area contributed by atoms with Gasteiger partial charge in [0.2, 0.25) is 5.91 Å². The van der Waals surface area contributed by atoms with E-state index in [2.05, 4.69) is 32.0 Å². The molecule has 1 atom stereocenters. The topological polar surface area (TPSA) is 121 Å². The van der Waals surface area contributed by atoms with E-state index in [1.807, 2.05) is 105 Å². The Kier molecular flexibility index (Phi) is 10.4. The van der Waals surface area contributed by atoms with Gasteiger partial charge in [0.25, 0.3) is 0 Å². The van der Waals surface area contributed by atoms with Gasteiger partial charge in [-0.2, -0.15) is 11.3 Å². The minimum atomic E-state index is -0.623. The molecule has 1 heterocycles. The number of amides is 4. The number of nitrogens with one attached hydrogen (secondary N) is 5. The Morgan fingerprint density at radius 2 is 1.60 bits per heavy atom. The maximum atomic E-state index is 13.2. The van der Waals surface area contributed by atoms with E-state index in [4.69, 9.17) is 4.74 Å². The SMILES string of the molecule is CNC(=O)NCC(C(=O)Nc1ccccc1)c1ccc(CNc2cc(-c3ccsc3)ccc2NC(=O)OC(C)(C)C)cc1. The van der Waals surface area contributed by atoms with Crippen LogP contribution >= 0.6 is 11.3 Å². The molecule has 0 saturated heterocycles. The first-order chi connectivity index (χ1) is 20.6. The fraction of sp³-hybridized carbons (Fsp3) is 0.242. The third-order valence-electron chi connectivity index (χ3n) is 6.43. The Morgan fingerprint density at radius 1 is 0.860 bits per heavy atom. The first-order valence-corrected chi connectivity index (χ1v) is 14.9. The molecule has 4 amide bonds. The van der Waals surface area contributed by atoms with Crippen molar-refractivity contribution in [1.29, 1.82) is 0 Å². The number of carbonyl (C=O) groups is 3. The molecule has 4 aromatic rings. The van der Waals surface area contributed by atoms with E-state index >= 15 is 0 Å². The second-order valence-corrected chi connectivity index (χ2v) is 11.6. The van der Waals surface area contributed by atoms with E-state index in [1.54, 1.807) is 11.3 Å². The second kappa shape index (κ2) is 14.4. The smallest absolute Gasteiger partial charge is 0.412 e. The molecule has 1 aromatic heterocycles. The fourth-order valence-corrected chi connectivity index (χ4v) is 4.95. The Balaban J connectivity index is 1.51. The van der Waals surface area contributed by atoms with Crippen molar-refractivity contribution in [2.75, 3.05) is 29.5 Å². The van der Waals surface area contributed by atoms with Crippen LogP contribution in [0.5, 0.6) is 0 Å². The van der Waals surface area contributed by atoms with Crippen molar-refractivity contribution in [3.8, 4) is 11.1 Å². The van der Waals surface area contributed by atoms with Crippen LogP contribution in [0.15, 0.2) is 89.6 Å². The zero-order chi connectivity index (χ0) is 30.8. The molecule has 0 bridgehead atoms. The van der Waals surface area contributed by atoms with Crippen LogP contribution in [0.25, 0.3) is 11.1 Å². The van der Waals surface area contributed by atoms with Crippen LogP contribution in [0.1, 0.15) is 37.8 Å². The monoisotopic (exact) mass is 599 g/mol. The maximum absolute atomic E-state index is 13.2. The normalized spacial score (nSPS) is 11.6. The zero-order valence-electron chi connectivity index (χ0n) is 24.7. The number of hydrogen-bond donors (Lipinski definition) is 5. The molecule has 5 N–H and O–H groups in total. The van der Waals surface area contributed by atoms with Gasteiger partial charge in [0.1, 0.15) is 5.60 Å². The third-order valence-corrected chi connectivity index (χ3v) is 7.11. The maximum Gasteiger partial charge on any atom is 0.412 e. The number of para-hydroxylation sites is 1. The Hall–Kier alpha value is -4.83. The lowest BCUT2D eigenvalue weighted by atomic mass is 9.96. The summed E-state index contributed by atoms with van der Waals surface area (Å²) in [5, 5.41) is 18.6. The van der Waals surface area contributed by atoms with Crippen LogP contribution in [0.3, 0.4) is 0 Å². The first kappa shape index (κ1) is 31.1. The minimum Gasteiger partial charge on any atom is -0.444 e. The van der Waals surface area contributed by atoms with Gasteiger partial charge in [-0.25, -0.2) is 9.59 Å². The zero-order valence-corrected chi connectivity index (χ0v) is 25.5. The lowest BCUT2D eigenvalue weighted by Crippen LogP contribution is -2.38. The van der Waals surface area contributed by atoms with Crippen molar-refractivity contribution in [3.05, 3.63) is 101 Å². The number of urea groups is 1. The predicted molar refractivity (Wildman–Crippen MR) is 174 cm³/mol. The predicted octanol–water partition coefficient (Wildman–Crippen LogP) is 7.03. The molecule has 0 fully saturated rings. The largest absolute Gasteiger partial charge is 0.444 e. The summed E-state index contributed by atoms with van der Waals surface area (Å²) in [6, 6.07) is 24.4. The quantitative estimate of drug-likeness (QED) is 0.134. The number of hydrogen-bond acceptors (Lipinski definition) is 6. The molecule has 0 saturated carbocycles. The van der Waals surface area contributed by atoms with Gasteiger partial charge >= 0.3 is 12.1 Å². The van der Waals surface area contributed by atoms with Crippen molar-refractivity contribution in [1.82, 2.24) is 10.6 Å². The molecule has 224 valence electrons. The van der Waals surface area contributed by atoms with E-state index in [0.29, 0.717) is 17.9 Å². The molecular formula is C33H37N5O4S. The summed E-state index contributed by atoms with van der Waals surface area (Å²) in [6.45, 7) is 6.05. The molecule has 0 aliphatic heterocycles. The highest BCUT2D eigenvalue weighted by atomic mass is 32.1. The molecular weight excluding hydrogens is 562 g/mol. The fourth-order valence-electron chi connectivity index (χ4n) is 4.28. The number of anilines is 3. The van der Waals surface area contributed by atoms with Crippen LogP contribution in [0.4, 0.5) is 26.7 Å². The lowest BCUT2D eigenvalue weighted by molar-refractivity contribution is -0.117. The van der Waals surface area contributed by atoms with Gasteiger partial charge in [-0.05, 0) is 84.1 Å². The molecule has 4 rings (SSSR count). The summed E-state index contributed by atoms with van der Waals surface area (Å²) in [7, 11) is 1.53. The Morgan fingerprint density at radius 3 is 2.26 bits per heavy atom. The number of ether oxygens (including phenoxy) is 1. The highest BCUT2D eigenvalue weighted by molar-refractivity contribution is 7.08. The third kappa shape index (κ3) is 9.34. The molecule has 0 spiro atoms. The highest BCUT2D eigenvalue weighted by Gasteiger charge is 2.22. The van der Waals surface area contributed by atoms with Crippen molar-refractivity contribution in [2.45, 2.75) is 38.8 Å². The molecule has 10 heteroatoms. The standard InChI is InChI=1S/C33H37N5O4S/c1-33(2,3)42-32(41)38-28-15-14-24(25-16-17-43-21-25)18-29(28)35-19-22-10-12-23(13-11-22)27(20-36-31(40)34-4)30(39)37-26-8-6-5-7-9-26/h5-18,21,27,35H,19-20H2,1-4H3,(H,37,39)(H,38,41)(H2,34,36,40). The molecule has 3 aromatic carbocycles. The Labute approximate surface area is 256 Å². The number of rotatable bonds is 10. The van der Waals surface area contributed by atoms with Crippen LogP contribution < -0.4 is 26.6 Å². The molecule has 43 heavy (non-hydrogen) atoms. The van der Waals surface area contributed by atoms with Gasteiger partial charge < -0.3 is 26.0 Å². The van der Waals surface area contributed by atoms with Gasteiger partial charge in [0, 0.05) is 25.8 Å². The summed E-state index contributed by atoms with van der Waals surface area (Å²) in [5.74, 6) is -0.831. The lowest BCUT2D eigenvalue weighted by Gasteiger charge is -2.21. The summed E-state index contributed by atoms with van der Waals surface area (Å²) in [6.07, 6.45) is -0.534. The van der Waals surface area contributed by atoms with Gasteiger partial charge in [-0.3, -0.25) is 10.1 Å². The van der Waals surface area contributed by atoms with Crippen molar-refractivity contribution < 1.29 is 19.1 Å². The molecule has 0 aliphatic carbocycles. The van der Waals surface area contributed by atoms with Crippen LogP contribution in [0, 0.1) is 0 Å². The van der Waals surface area contributed by atoms with Crippen molar-refractivity contribution in [2.24, 2.45) is 0 Å². The Bertz CT molecular complexity index is 1520. The highest BCUT2D eigenvalue weighted by Crippen LogP contribution is 2.31. The minimum absolute atomic E-state index is 0.130. The molecule has 1 unspecified atom stereocenters. The van der Waals surface area contributed by atoms with E-state index in [-0.39, 0.29) is 18.5 Å². The van der Waals surface area contributed by atoms with Crippen molar-refractivity contribution >= 4 is 46.4 Å². The number of thiophene rings is 1. The summed E-state index contributed by atoms with van der Waals surface area (Å²) in [5.41, 5.74) is 5.24. The number of carbonyl (C=O) groups excluding carboxylic acids is 3. The van der Waals surface area contributed by atoms with Crippen LogP contribution in [0.2, 0.25) is 0 Å². The van der Waals surface area contributed by atoms with Gasteiger partial charge in [-0.1, -0.05) is 48.5 Å². The van der Waals surface area contributed by atoms with E-state index in [0.717, 1.165) is 27.9 Å². The molecule has 9 nitrogen and oxygen atoms in total. The van der Waals surface area contributed by atoms with Gasteiger partial charge in [-0.15, -0.1) is 0 Å². The summed E-state index contributed by atoms with van der Waals surface area (Å²) < 4.78 is 5.46. The van der Waals surface area contributed by atoms with E-state index in [9.17, 15) is 14.4 Å². The van der Waals surface area contributed by atoms with E-state index < -0.39 is 17.6 Å². The van der Waals surface area contributed by atoms with Crippen molar-refractivity contribution in [3.63, 3.8) is 0 Å². The number of benzene rings is 3. The van der Waals surface area contributed by atoms with Crippen LogP contribution in [-0.4, -0.2) is 37.2 Å². The average molecular weight is 600 g/mol. The van der Waals surface area contributed by atoms with Crippen LogP contribution in [-0.2, 0) is 16.1 Å². The average Bonchev–Trinajstić information content (AvgIpc) is 3.52. The molecule has 0 radical (unpaired) electrons.